The number of rotatable bonds is 11. The third kappa shape index (κ3) is 7.36. The molecule has 0 spiro atoms. The molecular formula is C26H27NO6. The van der Waals surface area contributed by atoms with Gasteiger partial charge in [-0.25, -0.2) is 4.79 Å². The number of esters is 1. The Hall–Kier alpha value is -3.84. The number of hydrogen-bond donors (Lipinski definition) is 2. The van der Waals surface area contributed by atoms with Crippen molar-refractivity contribution in [1.82, 2.24) is 5.32 Å². The van der Waals surface area contributed by atoms with Crippen LogP contribution in [0.2, 0.25) is 0 Å². The molecule has 33 heavy (non-hydrogen) atoms. The number of hydrogen-bond acceptors (Lipinski definition) is 6. The van der Waals surface area contributed by atoms with Crippen LogP contribution in [-0.4, -0.2) is 36.7 Å². The molecule has 0 heterocycles. The van der Waals surface area contributed by atoms with Crippen molar-refractivity contribution in [3.8, 4) is 11.5 Å². The maximum atomic E-state index is 12.1. The van der Waals surface area contributed by atoms with E-state index in [9.17, 15) is 9.59 Å². The minimum atomic E-state index is -0.937. The summed E-state index contributed by atoms with van der Waals surface area (Å²) in [5.74, 6) is -0.182. The Morgan fingerprint density at radius 1 is 0.818 bits per heavy atom. The van der Waals surface area contributed by atoms with E-state index in [1.54, 1.807) is 18.2 Å². The van der Waals surface area contributed by atoms with Gasteiger partial charge in [0.15, 0.2) is 11.5 Å². The van der Waals surface area contributed by atoms with Crippen molar-refractivity contribution in [3.63, 3.8) is 0 Å². The number of carbonyl (C=O) groups is 2. The van der Waals surface area contributed by atoms with Gasteiger partial charge in [0, 0.05) is 6.42 Å². The van der Waals surface area contributed by atoms with E-state index in [0.717, 1.165) is 16.7 Å². The molecule has 0 aliphatic carbocycles. The molecule has 1 amide bonds. The molecular weight excluding hydrogens is 422 g/mol. The lowest BCUT2D eigenvalue weighted by Gasteiger charge is -2.18. The van der Waals surface area contributed by atoms with E-state index >= 15 is 0 Å². The molecule has 1 atom stereocenters. The summed E-state index contributed by atoms with van der Waals surface area (Å²) in [6, 6.07) is 24.0. The van der Waals surface area contributed by atoms with Gasteiger partial charge in [0.25, 0.3) is 0 Å². The Kier molecular flexibility index (Phi) is 8.85. The van der Waals surface area contributed by atoms with Crippen molar-refractivity contribution >= 4 is 11.9 Å². The van der Waals surface area contributed by atoms with E-state index in [1.807, 2.05) is 60.7 Å². The number of carbonyl (C=O) groups excluding carboxylic acids is 2. The molecule has 3 aromatic carbocycles. The van der Waals surface area contributed by atoms with Crippen LogP contribution in [-0.2, 0) is 34.0 Å². The number of aliphatic hydroxyl groups is 1. The number of methoxy groups -OCH3 is 1. The first-order chi connectivity index (χ1) is 16.1. The predicted octanol–water partition coefficient (Wildman–Crippen LogP) is 3.04. The minimum Gasteiger partial charge on any atom is -0.485 e. The van der Waals surface area contributed by atoms with E-state index in [1.165, 1.54) is 7.11 Å². The van der Waals surface area contributed by atoms with E-state index < -0.39 is 24.5 Å². The highest BCUT2D eigenvalue weighted by atomic mass is 16.5. The molecule has 0 aliphatic heterocycles. The minimum absolute atomic E-state index is 0.166. The zero-order chi connectivity index (χ0) is 23.5. The molecule has 7 nitrogen and oxygen atoms in total. The lowest BCUT2D eigenvalue weighted by atomic mass is 10.0. The van der Waals surface area contributed by atoms with Crippen LogP contribution in [0.4, 0.5) is 0 Å². The highest BCUT2D eigenvalue weighted by Crippen LogP contribution is 2.30. The van der Waals surface area contributed by atoms with Gasteiger partial charge in [0.2, 0.25) is 5.91 Å². The molecule has 0 aromatic heterocycles. The number of ether oxygens (including phenoxy) is 3. The predicted molar refractivity (Wildman–Crippen MR) is 123 cm³/mol. The van der Waals surface area contributed by atoms with Crippen LogP contribution in [0.3, 0.4) is 0 Å². The largest absolute Gasteiger partial charge is 0.485 e. The fraction of sp³-hybridized carbons (Fsp3) is 0.231. The second-order valence-corrected chi connectivity index (χ2v) is 7.34. The summed E-state index contributed by atoms with van der Waals surface area (Å²) in [5, 5.41) is 11.5. The molecule has 0 aliphatic rings. The lowest BCUT2D eigenvalue weighted by molar-refractivity contribution is -0.145. The molecule has 172 valence electrons. The van der Waals surface area contributed by atoms with Crippen molar-refractivity contribution in [2.24, 2.45) is 0 Å². The summed E-state index contributed by atoms with van der Waals surface area (Å²) in [6.45, 7) is -0.00189. The average molecular weight is 450 g/mol. The van der Waals surface area contributed by atoms with Gasteiger partial charge in [-0.15, -0.1) is 0 Å². The normalized spacial score (nSPS) is 11.3. The maximum absolute atomic E-state index is 12.1. The third-order valence-corrected chi connectivity index (χ3v) is 4.89. The monoisotopic (exact) mass is 449 g/mol. The van der Waals surface area contributed by atoms with Crippen LogP contribution in [0.1, 0.15) is 16.7 Å². The molecule has 0 fully saturated rings. The van der Waals surface area contributed by atoms with Gasteiger partial charge < -0.3 is 24.6 Å². The van der Waals surface area contributed by atoms with E-state index in [2.05, 4.69) is 5.32 Å². The Morgan fingerprint density at radius 2 is 1.39 bits per heavy atom. The summed E-state index contributed by atoms with van der Waals surface area (Å²) in [6.07, 6.45) is 0.166. The number of aliphatic hydroxyl groups excluding tert-OH is 1. The van der Waals surface area contributed by atoms with Gasteiger partial charge in [-0.05, 0) is 28.8 Å². The maximum Gasteiger partial charge on any atom is 0.328 e. The summed E-state index contributed by atoms with van der Waals surface area (Å²) in [5.41, 5.74) is 2.76. The molecule has 0 saturated carbocycles. The van der Waals surface area contributed by atoms with Crippen molar-refractivity contribution < 1.29 is 28.9 Å². The summed E-state index contributed by atoms with van der Waals surface area (Å²) in [4.78, 5) is 23.7. The van der Waals surface area contributed by atoms with Crippen molar-refractivity contribution in [3.05, 3.63) is 95.6 Å². The van der Waals surface area contributed by atoms with Crippen molar-refractivity contribution in [2.45, 2.75) is 25.7 Å². The molecule has 3 rings (SSSR count). The molecule has 0 bridgehead atoms. The molecule has 0 unspecified atom stereocenters. The first kappa shape index (κ1) is 23.8. The summed E-state index contributed by atoms with van der Waals surface area (Å²) >= 11 is 0. The Morgan fingerprint density at radius 3 is 1.94 bits per heavy atom. The SMILES string of the molecule is COC(=O)[C@H](Cc1ccc(OCc2ccccc2)c(OCc2ccccc2)c1)NC(=O)CO. The number of benzene rings is 3. The second kappa shape index (κ2) is 12.3. The van der Waals surface area contributed by atoms with Crippen LogP contribution in [0.5, 0.6) is 11.5 Å². The zero-order valence-electron chi connectivity index (χ0n) is 18.4. The highest BCUT2D eigenvalue weighted by Gasteiger charge is 2.22. The third-order valence-electron chi connectivity index (χ3n) is 4.89. The summed E-state index contributed by atoms with van der Waals surface area (Å²) in [7, 11) is 1.25. The quantitative estimate of drug-likeness (QED) is 0.437. The average Bonchev–Trinajstić information content (AvgIpc) is 2.87. The second-order valence-electron chi connectivity index (χ2n) is 7.34. The highest BCUT2D eigenvalue weighted by molar-refractivity contribution is 5.85. The molecule has 0 radical (unpaired) electrons. The van der Waals surface area contributed by atoms with Gasteiger partial charge in [-0.3, -0.25) is 4.79 Å². The van der Waals surface area contributed by atoms with Gasteiger partial charge in [0.05, 0.1) is 7.11 Å². The van der Waals surface area contributed by atoms with Crippen LogP contribution in [0, 0.1) is 0 Å². The smallest absolute Gasteiger partial charge is 0.328 e. The topological polar surface area (TPSA) is 94.1 Å². The van der Waals surface area contributed by atoms with E-state index in [4.69, 9.17) is 19.3 Å². The number of nitrogens with one attached hydrogen (secondary N) is 1. The van der Waals surface area contributed by atoms with Crippen LogP contribution < -0.4 is 14.8 Å². The van der Waals surface area contributed by atoms with Crippen LogP contribution >= 0.6 is 0 Å². The van der Waals surface area contributed by atoms with Crippen molar-refractivity contribution in [2.75, 3.05) is 13.7 Å². The zero-order valence-corrected chi connectivity index (χ0v) is 18.4. The molecule has 3 aromatic rings. The van der Waals surface area contributed by atoms with Gasteiger partial charge in [-0.1, -0.05) is 66.7 Å². The van der Waals surface area contributed by atoms with E-state index in [0.29, 0.717) is 24.7 Å². The first-order valence-corrected chi connectivity index (χ1v) is 10.5. The van der Waals surface area contributed by atoms with Crippen LogP contribution in [0.15, 0.2) is 78.9 Å². The van der Waals surface area contributed by atoms with Crippen LogP contribution in [0.25, 0.3) is 0 Å². The Balaban J connectivity index is 1.80. The molecule has 2 N–H and O–H groups in total. The first-order valence-electron chi connectivity index (χ1n) is 10.5. The Bertz CT molecular complexity index is 1040. The van der Waals surface area contributed by atoms with E-state index in [-0.39, 0.29) is 6.42 Å². The van der Waals surface area contributed by atoms with Gasteiger partial charge in [0.1, 0.15) is 25.9 Å². The van der Waals surface area contributed by atoms with Gasteiger partial charge >= 0.3 is 5.97 Å². The standard InChI is InChI=1S/C26H27NO6/c1-31-26(30)22(27-25(29)16-28)14-21-12-13-23(32-17-19-8-4-2-5-9-19)24(15-21)33-18-20-10-6-3-7-11-20/h2-13,15,22,28H,14,16-18H2,1H3,(H,27,29)/t22-/m0/s1. The molecule has 7 heteroatoms. The van der Waals surface area contributed by atoms with Crippen molar-refractivity contribution in [1.29, 1.82) is 0 Å². The fourth-order valence-electron chi connectivity index (χ4n) is 3.19. The van der Waals surface area contributed by atoms with Gasteiger partial charge in [-0.2, -0.15) is 0 Å². The number of amides is 1. The summed E-state index contributed by atoms with van der Waals surface area (Å²) < 4.78 is 16.8. The Labute approximate surface area is 192 Å². The lowest BCUT2D eigenvalue weighted by Crippen LogP contribution is -2.44. The fourth-order valence-corrected chi connectivity index (χ4v) is 3.19. The molecule has 0 saturated heterocycles.